The molecule has 1 rings (SSSR count). The van der Waals surface area contributed by atoms with Crippen molar-refractivity contribution in [2.45, 2.75) is 58.8 Å². The molecule has 1 atom stereocenters. The first-order valence-electron chi connectivity index (χ1n) is 6.69. The van der Waals surface area contributed by atoms with E-state index in [2.05, 4.69) is 10.4 Å². The first kappa shape index (κ1) is 16.0. The molecule has 0 aliphatic heterocycles. The van der Waals surface area contributed by atoms with Gasteiger partial charge >= 0.3 is 6.18 Å². The van der Waals surface area contributed by atoms with Crippen LogP contribution >= 0.6 is 0 Å². The number of hydrogen-bond donors (Lipinski definition) is 1. The molecule has 110 valence electrons. The van der Waals surface area contributed by atoms with Gasteiger partial charge in [-0.3, -0.25) is 4.68 Å². The van der Waals surface area contributed by atoms with E-state index >= 15 is 0 Å². The van der Waals surface area contributed by atoms with Gasteiger partial charge in [0.1, 0.15) is 0 Å². The van der Waals surface area contributed by atoms with E-state index in [4.69, 9.17) is 0 Å². The Kier molecular flexibility index (Phi) is 5.85. The van der Waals surface area contributed by atoms with E-state index < -0.39 is 18.6 Å². The molecule has 0 radical (unpaired) electrons. The summed E-state index contributed by atoms with van der Waals surface area (Å²) in [6.07, 6.45) is -3.77. The Hall–Kier alpha value is -1.04. The van der Waals surface area contributed by atoms with Crippen molar-refractivity contribution in [2.24, 2.45) is 0 Å². The molecule has 1 heterocycles. The second-order valence-corrected chi connectivity index (χ2v) is 4.77. The minimum Gasteiger partial charge on any atom is -0.313 e. The van der Waals surface area contributed by atoms with E-state index in [9.17, 15) is 13.2 Å². The number of aryl methyl sites for hydroxylation is 2. The van der Waals surface area contributed by atoms with Crippen molar-refractivity contribution in [3.8, 4) is 0 Å². The van der Waals surface area contributed by atoms with Gasteiger partial charge in [-0.15, -0.1) is 0 Å². The highest BCUT2D eigenvalue weighted by atomic mass is 19.4. The van der Waals surface area contributed by atoms with Crippen molar-refractivity contribution in [3.63, 3.8) is 0 Å². The first-order chi connectivity index (χ1) is 8.85. The van der Waals surface area contributed by atoms with E-state index in [1.807, 2.05) is 26.8 Å². The number of hydrogen-bond acceptors (Lipinski definition) is 2. The van der Waals surface area contributed by atoms with Gasteiger partial charge in [0.15, 0.2) is 0 Å². The molecule has 0 saturated heterocycles. The molecule has 1 aromatic rings. The van der Waals surface area contributed by atoms with Gasteiger partial charge in [0, 0.05) is 24.7 Å². The maximum Gasteiger partial charge on any atom is 0.390 e. The number of alkyl halides is 3. The van der Waals surface area contributed by atoms with Gasteiger partial charge in [0.2, 0.25) is 0 Å². The predicted octanol–water partition coefficient (Wildman–Crippen LogP) is 3.07. The molecular weight excluding hydrogens is 255 g/mol. The van der Waals surface area contributed by atoms with Crippen molar-refractivity contribution in [1.82, 2.24) is 15.1 Å². The van der Waals surface area contributed by atoms with Crippen LogP contribution in [0.5, 0.6) is 0 Å². The zero-order valence-electron chi connectivity index (χ0n) is 11.7. The van der Waals surface area contributed by atoms with Gasteiger partial charge in [-0.1, -0.05) is 6.92 Å². The van der Waals surface area contributed by atoms with Crippen LogP contribution in [0, 0.1) is 6.92 Å². The second-order valence-electron chi connectivity index (χ2n) is 4.77. The van der Waals surface area contributed by atoms with Crippen LogP contribution in [0.2, 0.25) is 0 Å². The number of aromatic nitrogens is 2. The number of rotatable bonds is 7. The van der Waals surface area contributed by atoms with E-state index in [0.29, 0.717) is 19.5 Å². The van der Waals surface area contributed by atoms with Crippen LogP contribution in [-0.4, -0.2) is 28.5 Å². The van der Waals surface area contributed by atoms with E-state index in [1.165, 1.54) is 0 Å². The normalized spacial score (nSPS) is 13.8. The molecule has 0 aliphatic rings. The molecule has 6 heteroatoms. The summed E-state index contributed by atoms with van der Waals surface area (Å²) in [6.45, 7) is 7.01. The molecule has 3 nitrogen and oxygen atoms in total. The summed E-state index contributed by atoms with van der Waals surface area (Å²) in [7, 11) is 0. The highest BCUT2D eigenvalue weighted by molar-refractivity contribution is 5.10. The first-order valence-corrected chi connectivity index (χ1v) is 6.69. The van der Waals surface area contributed by atoms with Crippen molar-refractivity contribution < 1.29 is 13.2 Å². The highest BCUT2D eigenvalue weighted by Gasteiger charge is 2.32. The zero-order valence-corrected chi connectivity index (χ0v) is 11.7. The Morgan fingerprint density at radius 3 is 2.58 bits per heavy atom. The van der Waals surface area contributed by atoms with Crippen LogP contribution in [0.3, 0.4) is 0 Å². The van der Waals surface area contributed by atoms with Gasteiger partial charge in [0.25, 0.3) is 0 Å². The van der Waals surface area contributed by atoms with E-state index in [1.54, 1.807) is 4.68 Å². The Morgan fingerprint density at radius 2 is 2.05 bits per heavy atom. The lowest BCUT2D eigenvalue weighted by Crippen LogP contribution is -2.36. The summed E-state index contributed by atoms with van der Waals surface area (Å²) in [5.74, 6) is 0. The molecule has 1 aromatic heterocycles. The van der Waals surface area contributed by atoms with Crippen LogP contribution < -0.4 is 5.32 Å². The molecule has 0 saturated carbocycles. The average Bonchev–Trinajstić information content (AvgIpc) is 2.64. The molecule has 0 fully saturated rings. The fourth-order valence-corrected chi connectivity index (χ4v) is 2.13. The Balaban J connectivity index is 2.74. The fourth-order valence-electron chi connectivity index (χ4n) is 2.13. The zero-order chi connectivity index (χ0) is 14.5. The summed E-state index contributed by atoms with van der Waals surface area (Å²) in [5.41, 5.74) is 1.70. The molecule has 19 heavy (non-hydrogen) atoms. The topological polar surface area (TPSA) is 29.9 Å². The molecule has 0 aromatic carbocycles. The van der Waals surface area contributed by atoms with Gasteiger partial charge in [0.05, 0.1) is 12.1 Å². The molecule has 0 amide bonds. The highest BCUT2D eigenvalue weighted by Crippen LogP contribution is 2.23. The number of nitrogens with one attached hydrogen (secondary N) is 1. The smallest absolute Gasteiger partial charge is 0.313 e. The van der Waals surface area contributed by atoms with Gasteiger partial charge in [-0.2, -0.15) is 18.3 Å². The molecule has 0 spiro atoms. The third-order valence-electron chi connectivity index (χ3n) is 2.90. The minimum atomic E-state index is -4.14. The molecule has 1 unspecified atom stereocenters. The predicted molar refractivity (Wildman–Crippen MR) is 69.1 cm³/mol. The Bertz CT molecular complexity index is 385. The van der Waals surface area contributed by atoms with Gasteiger partial charge in [-0.05, 0) is 32.9 Å². The standard InChI is InChI=1S/C13H22F3N3/c1-4-6-17-11(9-13(14,15)16)8-12-7-10(3)18-19(12)5-2/h7,11,17H,4-6,8-9H2,1-3H3. The third kappa shape index (κ3) is 5.63. The number of nitrogens with zero attached hydrogens (tertiary/aromatic N) is 2. The largest absolute Gasteiger partial charge is 0.390 e. The van der Waals surface area contributed by atoms with Crippen LogP contribution in [0.25, 0.3) is 0 Å². The SMILES string of the molecule is CCCNC(Cc1cc(C)nn1CC)CC(F)(F)F. The maximum absolute atomic E-state index is 12.6. The molecule has 0 aliphatic carbocycles. The van der Waals surface area contributed by atoms with Crippen molar-refractivity contribution in [1.29, 1.82) is 0 Å². The average molecular weight is 277 g/mol. The summed E-state index contributed by atoms with van der Waals surface area (Å²) >= 11 is 0. The minimum absolute atomic E-state index is 0.355. The molecule has 1 N–H and O–H groups in total. The summed E-state index contributed by atoms with van der Waals surface area (Å²) in [6, 6.07) is 1.28. The van der Waals surface area contributed by atoms with Crippen LogP contribution in [0.15, 0.2) is 6.07 Å². The summed E-state index contributed by atoms with van der Waals surface area (Å²) < 4.78 is 39.5. The summed E-state index contributed by atoms with van der Waals surface area (Å²) in [4.78, 5) is 0. The van der Waals surface area contributed by atoms with Crippen LogP contribution in [0.4, 0.5) is 13.2 Å². The Labute approximate surface area is 112 Å². The molecular formula is C13H22F3N3. The van der Waals surface area contributed by atoms with Crippen molar-refractivity contribution >= 4 is 0 Å². The van der Waals surface area contributed by atoms with Crippen molar-refractivity contribution in [2.75, 3.05) is 6.54 Å². The quantitative estimate of drug-likeness (QED) is 0.830. The number of halogens is 3. The Morgan fingerprint density at radius 1 is 1.37 bits per heavy atom. The third-order valence-corrected chi connectivity index (χ3v) is 2.90. The maximum atomic E-state index is 12.6. The van der Waals surface area contributed by atoms with E-state index in [0.717, 1.165) is 17.8 Å². The van der Waals surface area contributed by atoms with E-state index in [-0.39, 0.29) is 0 Å². The lowest BCUT2D eigenvalue weighted by atomic mass is 10.1. The second kappa shape index (κ2) is 6.93. The van der Waals surface area contributed by atoms with Crippen LogP contribution in [0.1, 0.15) is 38.1 Å². The van der Waals surface area contributed by atoms with Crippen molar-refractivity contribution in [3.05, 3.63) is 17.5 Å². The lowest BCUT2D eigenvalue weighted by molar-refractivity contribution is -0.140. The molecule has 0 bridgehead atoms. The monoisotopic (exact) mass is 277 g/mol. The fraction of sp³-hybridized carbons (Fsp3) is 0.769. The van der Waals surface area contributed by atoms with Gasteiger partial charge < -0.3 is 5.32 Å². The van der Waals surface area contributed by atoms with Crippen LogP contribution in [-0.2, 0) is 13.0 Å². The lowest BCUT2D eigenvalue weighted by Gasteiger charge is -2.20. The summed E-state index contributed by atoms with van der Waals surface area (Å²) in [5, 5.41) is 7.24. The van der Waals surface area contributed by atoms with Gasteiger partial charge in [-0.25, -0.2) is 0 Å².